The van der Waals surface area contributed by atoms with Crippen molar-refractivity contribution in [3.8, 4) is 0 Å². The van der Waals surface area contributed by atoms with E-state index in [9.17, 15) is 0 Å². The highest BCUT2D eigenvalue weighted by Crippen LogP contribution is 2.28. The lowest BCUT2D eigenvalue weighted by atomic mass is 9.92. The Labute approximate surface area is 125 Å². The molecule has 2 heterocycles. The normalized spacial score (nSPS) is 22.9. The topological polar surface area (TPSA) is 51.5 Å². The Morgan fingerprint density at radius 1 is 1.33 bits per heavy atom. The second-order valence-corrected chi connectivity index (χ2v) is 6.90. The van der Waals surface area contributed by atoms with Gasteiger partial charge < -0.3 is 10.1 Å². The first-order chi connectivity index (χ1) is 9.97. The first-order valence-corrected chi connectivity index (χ1v) is 7.61. The van der Waals surface area contributed by atoms with Crippen LogP contribution in [0.15, 0.2) is 18.5 Å². The molecule has 0 spiro atoms. The number of hydrogen-bond donors (Lipinski definition) is 1. The minimum absolute atomic E-state index is 0.0395. The fourth-order valence-corrected chi connectivity index (χ4v) is 2.88. The van der Waals surface area contributed by atoms with Crippen molar-refractivity contribution in [3.05, 3.63) is 24.2 Å². The number of fused-ring (bicyclic) bond motifs is 1. The van der Waals surface area contributed by atoms with Crippen molar-refractivity contribution in [3.63, 3.8) is 0 Å². The van der Waals surface area contributed by atoms with Gasteiger partial charge in [0.05, 0.1) is 11.8 Å². The fourth-order valence-electron chi connectivity index (χ4n) is 2.88. The molecular weight excluding hydrogens is 264 g/mol. The monoisotopic (exact) mass is 288 g/mol. The molecule has 0 aromatic carbocycles. The Balaban J connectivity index is 1.87. The Morgan fingerprint density at radius 3 is 2.81 bits per heavy atom. The van der Waals surface area contributed by atoms with Crippen molar-refractivity contribution in [2.24, 2.45) is 0 Å². The van der Waals surface area contributed by atoms with Crippen LogP contribution in [0.1, 0.15) is 45.7 Å². The van der Waals surface area contributed by atoms with Crippen LogP contribution in [-0.4, -0.2) is 33.9 Å². The summed E-state index contributed by atoms with van der Waals surface area (Å²) in [5, 5.41) is 8.22. The molecule has 1 aliphatic rings. The molecule has 2 aromatic rings. The first kappa shape index (κ1) is 14.3. The van der Waals surface area contributed by atoms with Gasteiger partial charge in [0.1, 0.15) is 5.52 Å². The third kappa shape index (κ3) is 2.88. The number of rotatable bonds is 3. The summed E-state index contributed by atoms with van der Waals surface area (Å²) in [5.74, 6) is 0.919. The lowest BCUT2D eigenvalue weighted by Gasteiger charge is -2.14. The van der Waals surface area contributed by atoms with Crippen molar-refractivity contribution in [2.75, 3.05) is 12.4 Å². The molecule has 0 bridgehead atoms. The maximum absolute atomic E-state index is 5.44. The molecule has 2 unspecified atom stereocenters. The average molecular weight is 288 g/mol. The van der Waals surface area contributed by atoms with Crippen molar-refractivity contribution >= 4 is 11.3 Å². The number of hydrogen-bond acceptors (Lipinski definition) is 4. The predicted molar refractivity (Wildman–Crippen MR) is 83.7 cm³/mol. The molecule has 1 aliphatic carbocycles. The standard InChI is InChI=1S/C16H24N4O/c1-16(2,3)14-10-13-15(17-7-8-20(13)19-14)18-11-5-6-12(9-11)21-4/h7-8,10-12H,5-6,9H2,1-4H3,(H,17,18). The summed E-state index contributed by atoms with van der Waals surface area (Å²) in [5.41, 5.74) is 2.17. The van der Waals surface area contributed by atoms with Crippen molar-refractivity contribution in [1.82, 2.24) is 14.6 Å². The molecule has 21 heavy (non-hydrogen) atoms. The number of ether oxygens (including phenoxy) is 1. The summed E-state index contributed by atoms with van der Waals surface area (Å²) >= 11 is 0. The van der Waals surface area contributed by atoms with Gasteiger partial charge in [-0.1, -0.05) is 20.8 Å². The number of anilines is 1. The van der Waals surface area contributed by atoms with Crippen LogP contribution in [0.4, 0.5) is 5.82 Å². The molecule has 2 aromatic heterocycles. The fraction of sp³-hybridized carbons (Fsp3) is 0.625. The molecular formula is C16H24N4O. The predicted octanol–water partition coefficient (Wildman–Crippen LogP) is 3.01. The minimum Gasteiger partial charge on any atom is -0.381 e. The number of nitrogens with zero attached hydrogens (tertiary/aromatic N) is 3. The van der Waals surface area contributed by atoms with E-state index in [2.05, 4.69) is 42.2 Å². The van der Waals surface area contributed by atoms with E-state index in [0.29, 0.717) is 12.1 Å². The first-order valence-electron chi connectivity index (χ1n) is 7.61. The van der Waals surface area contributed by atoms with Crippen LogP contribution in [0.2, 0.25) is 0 Å². The second-order valence-electron chi connectivity index (χ2n) is 6.90. The zero-order valence-electron chi connectivity index (χ0n) is 13.3. The average Bonchev–Trinajstić information content (AvgIpc) is 3.04. The minimum atomic E-state index is 0.0395. The number of methoxy groups -OCH3 is 1. The zero-order chi connectivity index (χ0) is 15.0. The van der Waals surface area contributed by atoms with Crippen LogP contribution in [0.25, 0.3) is 5.52 Å². The lowest BCUT2D eigenvalue weighted by Crippen LogP contribution is -2.18. The Morgan fingerprint density at radius 2 is 2.14 bits per heavy atom. The van der Waals surface area contributed by atoms with E-state index >= 15 is 0 Å². The van der Waals surface area contributed by atoms with E-state index in [0.717, 1.165) is 36.3 Å². The van der Waals surface area contributed by atoms with Crippen molar-refractivity contribution in [2.45, 2.75) is 57.6 Å². The van der Waals surface area contributed by atoms with Crippen LogP contribution in [0, 0.1) is 0 Å². The van der Waals surface area contributed by atoms with E-state index in [1.54, 1.807) is 13.3 Å². The quantitative estimate of drug-likeness (QED) is 0.943. The summed E-state index contributed by atoms with van der Waals surface area (Å²) < 4.78 is 7.35. The zero-order valence-corrected chi connectivity index (χ0v) is 13.3. The molecule has 0 aliphatic heterocycles. The molecule has 114 valence electrons. The van der Waals surface area contributed by atoms with Gasteiger partial charge in [0.15, 0.2) is 5.82 Å². The van der Waals surface area contributed by atoms with Crippen LogP contribution in [-0.2, 0) is 10.2 Å². The second kappa shape index (κ2) is 5.30. The van der Waals surface area contributed by atoms with E-state index in [1.807, 2.05) is 10.7 Å². The molecule has 3 rings (SSSR count). The maximum Gasteiger partial charge on any atom is 0.152 e. The maximum atomic E-state index is 5.44. The smallest absolute Gasteiger partial charge is 0.152 e. The summed E-state index contributed by atoms with van der Waals surface area (Å²) in [6.45, 7) is 6.53. The number of nitrogens with one attached hydrogen (secondary N) is 1. The molecule has 5 heteroatoms. The molecule has 1 N–H and O–H groups in total. The van der Waals surface area contributed by atoms with E-state index < -0.39 is 0 Å². The van der Waals surface area contributed by atoms with Gasteiger partial charge in [-0.05, 0) is 25.3 Å². The molecule has 2 atom stereocenters. The van der Waals surface area contributed by atoms with E-state index in [1.165, 1.54) is 0 Å². The highest BCUT2D eigenvalue weighted by Gasteiger charge is 2.25. The van der Waals surface area contributed by atoms with Gasteiger partial charge in [-0.3, -0.25) is 0 Å². The molecule has 0 saturated heterocycles. The molecule has 5 nitrogen and oxygen atoms in total. The summed E-state index contributed by atoms with van der Waals surface area (Å²) in [4.78, 5) is 4.50. The SMILES string of the molecule is COC1CCC(Nc2nccn3nc(C(C)(C)C)cc23)C1. The van der Waals surface area contributed by atoms with Gasteiger partial charge >= 0.3 is 0 Å². The Bertz CT molecular complexity index is 629. The van der Waals surface area contributed by atoms with Crippen LogP contribution in [0.3, 0.4) is 0 Å². The van der Waals surface area contributed by atoms with Gasteiger partial charge in [-0.25, -0.2) is 9.50 Å². The highest BCUT2D eigenvalue weighted by molar-refractivity contribution is 5.68. The third-order valence-electron chi connectivity index (χ3n) is 4.22. The van der Waals surface area contributed by atoms with Gasteiger partial charge in [0, 0.05) is 31.0 Å². The molecule has 0 amide bonds. The van der Waals surface area contributed by atoms with Crippen molar-refractivity contribution in [1.29, 1.82) is 0 Å². The lowest BCUT2D eigenvalue weighted by molar-refractivity contribution is 0.108. The molecule has 1 saturated carbocycles. The van der Waals surface area contributed by atoms with Gasteiger partial charge in [0.2, 0.25) is 0 Å². The van der Waals surface area contributed by atoms with Crippen molar-refractivity contribution < 1.29 is 4.74 Å². The van der Waals surface area contributed by atoms with Gasteiger partial charge in [-0.2, -0.15) is 5.10 Å². The van der Waals surface area contributed by atoms with E-state index in [-0.39, 0.29) is 5.41 Å². The third-order valence-corrected chi connectivity index (χ3v) is 4.22. The van der Waals surface area contributed by atoms with Crippen LogP contribution < -0.4 is 5.32 Å². The Hall–Kier alpha value is -1.62. The largest absolute Gasteiger partial charge is 0.381 e. The van der Waals surface area contributed by atoms with E-state index in [4.69, 9.17) is 4.74 Å². The summed E-state index contributed by atoms with van der Waals surface area (Å²) in [6.07, 6.45) is 7.36. The van der Waals surface area contributed by atoms with Gasteiger partial charge in [0.25, 0.3) is 0 Å². The summed E-state index contributed by atoms with van der Waals surface area (Å²) in [6, 6.07) is 2.57. The molecule has 0 radical (unpaired) electrons. The van der Waals surface area contributed by atoms with Crippen LogP contribution in [0.5, 0.6) is 0 Å². The summed E-state index contributed by atoms with van der Waals surface area (Å²) in [7, 11) is 1.79. The Kier molecular flexibility index (Phi) is 3.61. The van der Waals surface area contributed by atoms with Crippen LogP contribution >= 0.6 is 0 Å². The molecule has 1 fully saturated rings. The van der Waals surface area contributed by atoms with Gasteiger partial charge in [-0.15, -0.1) is 0 Å². The highest BCUT2D eigenvalue weighted by atomic mass is 16.5. The number of aromatic nitrogens is 3.